The van der Waals surface area contributed by atoms with Crippen molar-refractivity contribution in [1.29, 1.82) is 0 Å². The number of fused-ring (bicyclic) bond motifs is 2. The van der Waals surface area contributed by atoms with Gasteiger partial charge in [0.2, 0.25) is 0 Å². The van der Waals surface area contributed by atoms with E-state index in [4.69, 9.17) is 10.5 Å². The Balaban J connectivity index is 1.50. The molecule has 5 rings (SSSR count). The van der Waals surface area contributed by atoms with Crippen molar-refractivity contribution < 1.29 is 20.1 Å². The molecule has 0 unspecified atom stereocenters. The minimum Gasteiger partial charge on any atom is -0.386 e. The first-order valence-corrected chi connectivity index (χ1v) is 9.30. The lowest BCUT2D eigenvalue weighted by Gasteiger charge is -2.30. The third kappa shape index (κ3) is 2.39. The highest BCUT2D eigenvalue weighted by Crippen LogP contribution is 2.44. The van der Waals surface area contributed by atoms with E-state index in [0.29, 0.717) is 22.4 Å². The van der Waals surface area contributed by atoms with Crippen LogP contribution >= 0.6 is 0 Å². The number of aliphatic hydroxyl groups is 3. The second kappa shape index (κ2) is 5.99. The Kier molecular flexibility index (Phi) is 3.76. The van der Waals surface area contributed by atoms with Gasteiger partial charge in [0.25, 0.3) is 0 Å². The molecule has 1 fully saturated rings. The maximum absolute atomic E-state index is 11.0. The highest BCUT2D eigenvalue weighted by molar-refractivity contribution is 5.86. The van der Waals surface area contributed by atoms with Crippen molar-refractivity contribution in [3.8, 4) is 0 Å². The van der Waals surface area contributed by atoms with Gasteiger partial charge in [-0.2, -0.15) is 0 Å². The van der Waals surface area contributed by atoms with Crippen molar-refractivity contribution in [3.63, 3.8) is 0 Å². The van der Waals surface area contributed by atoms with Crippen molar-refractivity contribution in [2.24, 2.45) is 0 Å². The number of hydrogen-bond donors (Lipinski definition) is 4. The third-order valence-electron chi connectivity index (χ3n) is 6.07. The van der Waals surface area contributed by atoms with Crippen molar-refractivity contribution in [1.82, 2.24) is 14.5 Å². The lowest BCUT2D eigenvalue weighted by Crippen LogP contribution is -2.47. The van der Waals surface area contributed by atoms with E-state index in [1.165, 1.54) is 24.4 Å². The number of nitrogens with zero attached hydrogens (tertiary/aromatic N) is 3. The van der Waals surface area contributed by atoms with Gasteiger partial charge in [-0.3, -0.25) is 0 Å². The van der Waals surface area contributed by atoms with E-state index in [2.05, 4.69) is 9.97 Å². The third-order valence-corrected chi connectivity index (χ3v) is 6.07. The molecule has 5 N–H and O–H groups in total. The molecule has 2 aliphatic rings. The van der Waals surface area contributed by atoms with Crippen molar-refractivity contribution in [3.05, 3.63) is 53.5 Å². The molecule has 1 saturated heterocycles. The van der Waals surface area contributed by atoms with Gasteiger partial charge in [-0.25, -0.2) is 9.97 Å². The van der Waals surface area contributed by atoms with Crippen LogP contribution in [0.1, 0.15) is 35.9 Å². The first kappa shape index (κ1) is 17.6. The van der Waals surface area contributed by atoms with E-state index in [1.807, 2.05) is 18.2 Å². The molecule has 8 nitrogen and oxygen atoms in total. The van der Waals surface area contributed by atoms with Crippen LogP contribution in [0.4, 0.5) is 5.82 Å². The summed E-state index contributed by atoms with van der Waals surface area (Å²) in [6, 6.07) is 7.52. The second-order valence-electron chi connectivity index (χ2n) is 7.81. The molecule has 0 bridgehead atoms. The van der Waals surface area contributed by atoms with Gasteiger partial charge in [0.1, 0.15) is 41.7 Å². The highest BCUT2D eigenvalue weighted by Gasteiger charge is 2.55. The van der Waals surface area contributed by atoms with Gasteiger partial charge in [0.15, 0.2) is 6.23 Å². The summed E-state index contributed by atoms with van der Waals surface area (Å²) in [5.74, 6) is 0.321. The first-order valence-electron chi connectivity index (χ1n) is 9.30. The largest absolute Gasteiger partial charge is 0.386 e. The lowest BCUT2D eigenvalue weighted by atomic mass is 9.83. The molecule has 146 valence electrons. The van der Waals surface area contributed by atoms with Crippen LogP contribution in [0.3, 0.4) is 0 Å². The predicted octanol–water partition coefficient (Wildman–Crippen LogP) is 0.855. The van der Waals surface area contributed by atoms with E-state index < -0.39 is 30.1 Å². The Labute approximate surface area is 161 Å². The zero-order valence-electron chi connectivity index (χ0n) is 15.4. The summed E-state index contributed by atoms with van der Waals surface area (Å²) in [5, 5.41) is 33.4. The Morgan fingerprint density at radius 3 is 2.75 bits per heavy atom. The Hall–Kier alpha value is -2.52. The van der Waals surface area contributed by atoms with Crippen molar-refractivity contribution in [2.75, 3.05) is 5.73 Å². The summed E-state index contributed by atoms with van der Waals surface area (Å²) in [6.45, 7) is 1.47. The summed E-state index contributed by atoms with van der Waals surface area (Å²) in [6.07, 6.45) is 0.763. The molecule has 2 aromatic heterocycles. The lowest BCUT2D eigenvalue weighted by molar-refractivity contribution is -0.115. The Morgan fingerprint density at radius 2 is 2.04 bits per heavy atom. The molecule has 1 aliphatic heterocycles. The van der Waals surface area contributed by atoms with Crippen molar-refractivity contribution >= 4 is 16.9 Å². The van der Waals surface area contributed by atoms with Crippen LogP contribution in [0, 0.1) is 0 Å². The minimum absolute atomic E-state index is 0.321. The molecule has 0 spiro atoms. The smallest absolute Gasteiger partial charge is 0.164 e. The van der Waals surface area contributed by atoms with Gasteiger partial charge in [0.05, 0.1) is 5.39 Å². The molecule has 1 aromatic carbocycles. The van der Waals surface area contributed by atoms with Crippen LogP contribution in [-0.4, -0.2) is 47.7 Å². The van der Waals surface area contributed by atoms with Crippen molar-refractivity contribution in [2.45, 2.75) is 49.9 Å². The Morgan fingerprint density at radius 1 is 1.25 bits per heavy atom. The molecule has 0 amide bonds. The quantitative estimate of drug-likeness (QED) is 0.529. The molecular weight excluding hydrogens is 360 g/mol. The number of nitrogens with two attached hydrogens (primary N) is 1. The molecule has 28 heavy (non-hydrogen) atoms. The maximum atomic E-state index is 11.0. The zero-order chi connectivity index (χ0) is 19.6. The topological polar surface area (TPSA) is 127 Å². The average molecular weight is 382 g/mol. The minimum atomic E-state index is -1.66. The summed E-state index contributed by atoms with van der Waals surface area (Å²) in [5.41, 5.74) is 7.86. The molecule has 1 aliphatic carbocycles. The summed E-state index contributed by atoms with van der Waals surface area (Å²) >= 11 is 0. The van der Waals surface area contributed by atoms with E-state index >= 15 is 0 Å². The summed E-state index contributed by atoms with van der Waals surface area (Å²) in [7, 11) is 0. The Bertz CT molecular complexity index is 1060. The standard InChI is InChI=1S/C20H22N4O4/c1-20(27)15(26)19(24-7-6-13-17(21)22-9-23-18(13)24)28-16(20)14(25)12-5-3-10-2-4-11(10)8-12/h3,5-9,14-16,19,25-27H,2,4H2,1H3,(H2,21,22,23)/t14-,15+,16-,19-,20+/m1/s1. The SMILES string of the molecule is C[C@@]1(O)[C@@H]([C@H](O)c2ccc3c(c2)CC3)O[C@@H](n2ccc3c(N)ncnc32)[C@@H]1O. The van der Waals surface area contributed by atoms with Gasteiger partial charge in [-0.15, -0.1) is 0 Å². The number of hydrogen-bond acceptors (Lipinski definition) is 7. The molecule has 3 heterocycles. The van der Waals surface area contributed by atoms with Crippen LogP contribution < -0.4 is 5.73 Å². The highest BCUT2D eigenvalue weighted by atomic mass is 16.6. The number of anilines is 1. The normalized spacial score (nSPS) is 30.2. The van der Waals surface area contributed by atoms with Gasteiger partial charge in [-0.1, -0.05) is 18.2 Å². The van der Waals surface area contributed by atoms with Gasteiger partial charge < -0.3 is 30.4 Å². The fourth-order valence-corrected chi connectivity index (χ4v) is 4.20. The number of nitrogen functional groups attached to an aromatic ring is 1. The van der Waals surface area contributed by atoms with E-state index in [1.54, 1.807) is 16.8 Å². The predicted molar refractivity (Wildman–Crippen MR) is 101 cm³/mol. The molecule has 0 saturated carbocycles. The number of benzene rings is 1. The maximum Gasteiger partial charge on any atom is 0.164 e. The summed E-state index contributed by atoms with van der Waals surface area (Å²) < 4.78 is 7.61. The number of rotatable bonds is 3. The molecular formula is C20H22N4O4. The molecule has 0 radical (unpaired) electrons. The first-order chi connectivity index (χ1) is 13.4. The van der Waals surface area contributed by atoms with Gasteiger partial charge in [0, 0.05) is 6.20 Å². The number of aliphatic hydroxyl groups excluding tert-OH is 2. The fraction of sp³-hybridized carbons (Fsp3) is 0.400. The number of aromatic nitrogens is 3. The van der Waals surface area contributed by atoms with Crippen LogP contribution in [-0.2, 0) is 17.6 Å². The molecule has 5 atom stereocenters. The van der Waals surface area contributed by atoms with Crippen LogP contribution in [0.5, 0.6) is 0 Å². The van der Waals surface area contributed by atoms with E-state index in [0.717, 1.165) is 12.8 Å². The molecule has 3 aromatic rings. The van der Waals surface area contributed by atoms with Crippen LogP contribution in [0.25, 0.3) is 11.0 Å². The monoisotopic (exact) mass is 382 g/mol. The van der Waals surface area contributed by atoms with E-state index in [-0.39, 0.29) is 0 Å². The van der Waals surface area contributed by atoms with Crippen LogP contribution in [0.15, 0.2) is 36.8 Å². The van der Waals surface area contributed by atoms with E-state index in [9.17, 15) is 15.3 Å². The zero-order valence-corrected chi connectivity index (χ0v) is 15.4. The average Bonchev–Trinajstić information content (AvgIpc) is 3.16. The molecule has 8 heteroatoms. The van der Waals surface area contributed by atoms with Crippen LogP contribution in [0.2, 0.25) is 0 Å². The van der Waals surface area contributed by atoms with Gasteiger partial charge in [-0.05, 0) is 42.5 Å². The fourth-order valence-electron chi connectivity index (χ4n) is 4.20. The second-order valence-corrected chi connectivity index (χ2v) is 7.81. The number of ether oxygens (including phenoxy) is 1. The number of aryl methyl sites for hydroxylation is 2. The van der Waals surface area contributed by atoms with Gasteiger partial charge >= 0.3 is 0 Å². The summed E-state index contributed by atoms with van der Waals surface area (Å²) in [4.78, 5) is 8.18.